The number of nitrogens with one attached hydrogen (secondary N) is 4. The van der Waals surface area contributed by atoms with Crippen molar-refractivity contribution >= 4 is 40.2 Å². The largest absolute Gasteiger partial charge is 0.348 e. The maximum Gasteiger partial charge on any atom is 0.268 e. The number of H-pyrrole nitrogens is 1. The smallest absolute Gasteiger partial charge is 0.268 e. The molecule has 5 rings (SSSR count). The van der Waals surface area contributed by atoms with E-state index in [4.69, 9.17) is 0 Å². The molecule has 2 aliphatic rings. The second kappa shape index (κ2) is 11.8. The average molecular weight is 637 g/mol. The van der Waals surface area contributed by atoms with Gasteiger partial charge in [-0.2, -0.15) is 5.26 Å². The number of halogens is 3. The van der Waals surface area contributed by atoms with Crippen molar-refractivity contribution < 1.29 is 32.3 Å². The van der Waals surface area contributed by atoms with E-state index in [1.165, 1.54) is 4.90 Å². The zero-order valence-corrected chi connectivity index (χ0v) is 26.1. The summed E-state index contributed by atoms with van der Waals surface area (Å²) in [7, 11) is 0. The number of hydrogen-bond donors (Lipinski definition) is 4. The topological polar surface area (TPSA) is 147 Å². The number of anilines is 1. The van der Waals surface area contributed by atoms with Crippen LogP contribution in [-0.4, -0.2) is 58.2 Å². The Hall–Kier alpha value is -4.86. The molecule has 46 heavy (non-hydrogen) atoms. The van der Waals surface area contributed by atoms with Gasteiger partial charge in [0.15, 0.2) is 11.6 Å². The van der Waals surface area contributed by atoms with Crippen molar-refractivity contribution in [3.8, 4) is 6.07 Å². The van der Waals surface area contributed by atoms with Crippen LogP contribution in [0, 0.1) is 40.1 Å². The molecule has 4 amide bonds. The van der Waals surface area contributed by atoms with E-state index in [2.05, 4.69) is 27.0 Å². The zero-order valence-electron chi connectivity index (χ0n) is 26.1. The minimum Gasteiger partial charge on any atom is -0.348 e. The van der Waals surface area contributed by atoms with Crippen molar-refractivity contribution in [3.63, 3.8) is 0 Å². The van der Waals surface area contributed by atoms with Gasteiger partial charge in [-0.05, 0) is 35.4 Å². The van der Waals surface area contributed by atoms with Crippen LogP contribution in [0.15, 0.2) is 36.4 Å². The first-order valence-corrected chi connectivity index (χ1v) is 14.9. The first-order chi connectivity index (χ1) is 21.6. The maximum absolute atomic E-state index is 14.3. The highest BCUT2D eigenvalue weighted by Crippen LogP contribution is 2.46. The van der Waals surface area contributed by atoms with Crippen LogP contribution in [0.4, 0.5) is 18.9 Å². The molecule has 4 N–H and O–H groups in total. The summed E-state index contributed by atoms with van der Waals surface area (Å²) in [5.41, 5.74) is -1.08. The van der Waals surface area contributed by atoms with Gasteiger partial charge in [-0.15, -0.1) is 0 Å². The zero-order chi connectivity index (χ0) is 33.7. The fourth-order valence-electron chi connectivity index (χ4n) is 6.32. The highest BCUT2D eigenvalue weighted by molar-refractivity contribution is 6.07. The number of fused-ring (bicyclic) bond motifs is 3. The summed E-state index contributed by atoms with van der Waals surface area (Å²) in [5, 5.41) is 17.9. The molecule has 2 aromatic carbocycles. The maximum atomic E-state index is 14.3. The number of nitriles is 1. The number of aromatic nitrogens is 1. The molecule has 10 nitrogen and oxygen atoms in total. The third-order valence-corrected chi connectivity index (χ3v) is 8.58. The second-order valence-corrected chi connectivity index (χ2v) is 13.5. The normalized spacial score (nSPS) is 20.4. The number of amides is 4. The highest BCUT2D eigenvalue weighted by atomic mass is 19.2. The van der Waals surface area contributed by atoms with Gasteiger partial charge in [-0.3, -0.25) is 19.2 Å². The molecule has 1 aromatic heterocycles. The van der Waals surface area contributed by atoms with Crippen molar-refractivity contribution in [1.29, 1.82) is 5.26 Å². The van der Waals surface area contributed by atoms with Crippen LogP contribution in [0.3, 0.4) is 0 Å². The van der Waals surface area contributed by atoms with E-state index in [1.807, 2.05) is 20.8 Å². The molecule has 0 saturated carbocycles. The molecule has 2 aliphatic heterocycles. The van der Waals surface area contributed by atoms with E-state index in [-0.39, 0.29) is 36.4 Å². The third kappa shape index (κ3) is 5.79. The van der Waals surface area contributed by atoms with Gasteiger partial charge in [0, 0.05) is 30.1 Å². The second-order valence-electron chi connectivity index (χ2n) is 13.5. The summed E-state index contributed by atoms with van der Waals surface area (Å²) < 4.78 is 42.2. The molecule has 242 valence electrons. The van der Waals surface area contributed by atoms with Crippen LogP contribution in [0.5, 0.6) is 0 Å². The molecule has 1 spiro atoms. The SMILES string of the molecule is CC(C)[C@H](NC(=O)c1cc2c(F)cc(F)c(F)c2[nH]1)C(=O)N[C@@H](CC(C)(C)C)C(=O)N1C[C@]2(C[C@H]1C#N)C(=O)Nc1ccccc12. The Kier molecular flexibility index (Phi) is 8.36. The van der Waals surface area contributed by atoms with Crippen molar-refractivity contribution in [2.45, 2.75) is 71.0 Å². The standard InChI is InChI=1S/C33H35F3N6O4/c1-16(2)26(41-28(43)23-10-18-20(34)11-21(35)25(36)27(18)38-23)29(44)39-24(13-32(3,4)5)30(45)42-15-33(12-17(42)14-37)19-8-6-7-9-22(19)40-31(33)46/h6-11,16-17,24,26,38H,12-13,15H2,1-5H3,(H,39,44)(H,40,46)(H,41,43)/t17-,24-,26-,33-/m0/s1. The monoisotopic (exact) mass is 636 g/mol. The van der Waals surface area contributed by atoms with Crippen LogP contribution in [-0.2, 0) is 19.8 Å². The van der Waals surface area contributed by atoms with E-state index in [0.717, 1.165) is 6.07 Å². The van der Waals surface area contributed by atoms with Gasteiger partial charge in [0.05, 0.1) is 17.0 Å². The Morgan fingerprint density at radius 1 is 1.11 bits per heavy atom. The van der Waals surface area contributed by atoms with Gasteiger partial charge in [-0.1, -0.05) is 52.8 Å². The lowest BCUT2D eigenvalue weighted by Gasteiger charge is -2.32. The van der Waals surface area contributed by atoms with E-state index >= 15 is 0 Å². The molecule has 1 saturated heterocycles. The number of aromatic amines is 1. The molecule has 1 fully saturated rings. The highest BCUT2D eigenvalue weighted by Gasteiger charge is 2.56. The number of carbonyl (C=O) groups excluding carboxylic acids is 4. The Morgan fingerprint density at radius 3 is 2.46 bits per heavy atom. The minimum absolute atomic E-state index is 0.0537. The molecular formula is C33H35F3N6O4. The molecule has 0 bridgehead atoms. The first-order valence-electron chi connectivity index (χ1n) is 14.9. The molecule has 4 atom stereocenters. The number of para-hydroxylation sites is 1. The van der Waals surface area contributed by atoms with E-state index < -0.39 is 75.6 Å². The Morgan fingerprint density at radius 2 is 1.80 bits per heavy atom. The Labute approximate surface area is 263 Å². The number of carbonyl (C=O) groups is 4. The number of nitrogens with zero attached hydrogens (tertiary/aromatic N) is 2. The predicted octanol–water partition coefficient (Wildman–Crippen LogP) is 4.28. The molecule has 0 radical (unpaired) electrons. The van der Waals surface area contributed by atoms with Crippen molar-refractivity contribution in [2.24, 2.45) is 11.3 Å². The van der Waals surface area contributed by atoms with Crippen LogP contribution < -0.4 is 16.0 Å². The fourth-order valence-corrected chi connectivity index (χ4v) is 6.32. The van der Waals surface area contributed by atoms with Crippen molar-refractivity contribution in [2.75, 3.05) is 11.9 Å². The summed E-state index contributed by atoms with van der Waals surface area (Å²) >= 11 is 0. The molecule has 13 heteroatoms. The molecule has 3 aromatic rings. The summed E-state index contributed by atoms with van der Waals surface area (Å²) in [5.74, 6) is -6.75. The lowest BCUT2D eigenvalue weighted by molar-refractivity contribution is -0.138. The number of likely N-dealkylation sites (tertiary alicyclic amines) is 1. The summed E-state index contributed by atoms with van der Waals surface area (Å²) in [6, 6.07) is 7.44. The van der Waals surface area contributed by atoms with Crippen LogP contribution in [0.2, 0.25) is 0 Å². The molecule has 0 unspecified atom stereocenters. The van der Waals surface area contributed by atoms with Gasteiger partial charge in [-0.25, -0.2) is 13.2 Å². The van der Waals surface area contributed by atoms with Crippen LogP contribution in [0.25, 0.3) is 10.9 Å². The summed E-state index contributed by atoms with van der Waals surface area (Å²) in [6.07, 6.45) is 0.265. The number of hydrogen-bond acceptors (Lipinski definition) is 5. The van der Waals surface area contributed by atoms with Gasteiger partial charge in [0.2, 0.25) is 17.7 Å². The molecule has 0 aliphatic carbocycles. The minimum atomic E-state index is -1.42. The van der Waals surface area contributed by atoms with E-state index in [0.29, 0.717) is 17.3 Å². The number of rotatable bonds is 7. The molecular weight excluding hydrogens is 601 g/mol. The van der Waals surface area contributed by atoms with Gasteiger partial charge >= 0.3 is 0 Å². The first kappa shape index (κ1) is 32.5. The quantitative estimate of drug-likeness (QED) is 0.286. The van der Waals surface area contributed by atoms with Crippen molar-refractivity contribution in [1.82, 2.24) is 20.5 Å². The fraction of sp³-hybridized carbons (Fsp3) is 0.424. The summed E-state index contributed by atoms with van der Waals surface area (Å²) in [4.78, 5) is 57.9. The van der Waals surface area contributed by atoms with Gasteiger partial charge in [0.1, 0.15) is 29.6 Å². The summed E-state index contributed by atoms with van der Waals surface area (Å²) in [6.45, 7) is 8.92. The van der Waals surface area contributed by atoms with Gasteiger partial charge in [0.25, 0.3) is 5.91 Å². The van der Waals surface area contributed by atoms with Crippen LogP contribution in [0.1, 0.15) is 63.5 Å². The van der Waals surface area contributed by atoms with Gasteiger partial charge < -0.3 is 25.8 Å². The molecule has 3 heterocycles. The Bertz CT molecular complexity index is 1790. The van der Waals surface area contributed by atoms with E-state index in [1.54, 1.807) is 38.1 Å². The van der Waals surface area contributed by atoms with Crippen molar-refractivity contribution in [3.05, 3.63) is 65.1 Å². The average Bonchev–Trinajstić information content (AvgIpc) is 3.68. The number of benzene rings is 2. The lowest BCUT2D eigenvalue weighted by Crippen LogP contribution is -2.57. The van der Waals surface area contributed by atoms with E-state index in [9.17, 15) is 37.6 Å². The lowest BCUT2D eigenvalue weighted by atomic mass is 9.80. The third-order valence-electron chi connectivity index (χ3n) is 8.58. The van der Waals surface area contributed by atoms with Crippen LogP contribution >= 0.6 is 0 Å². The Balaban J connectivity index is 1.39. The predicted molar refractivity (Wildman–Crippen MR) is 163 cm³/mol.